The molecule has 3 rings (SSSR count). The van der Waals surface area contributed by atoms with Gasteiger partial charge in [-0.1, -0.05) is 0 Å². The zero-order valence-corrected chi connectivity index (χ0v) is 12.9. The zero-order valence-electron chi connectivity index (χ0n) is 12.9. The standard InChI is InChI=1S/C14H21N5O3/c1-16-6-9-11(20-2)12(21-3)14(22-9)19-7-18-10-8(15)4-5-17-13(10)19/h4-5,7,9,11-12,14,16H,6H2,1-3H3,(H2,15,17)/t9-,11?,12?,14-/m1/s1. The van der Waals surface area contributed by atoms with Crippen LogP contribution in [0.3, 0.4) is 0 Å². The number of hydrogen-bond donors (Lipinski definition) is 2. The summed E-state index contributed by atoms with van der Waals surface area (Å²) in [6.45, 7) is 0.664. The largest absolute Gasteiger partial charge is 0.397 e. The summed E-state index contributed by atoms with van der Waals surface area (Å²) < 4.78 is 19.2. The van der Waals surface area contributed by atoms with Gasteiger partial charge in [0.15, 0.2) is 11.9 Å². The van der Waals surface area contributed by atoms with Gasteiger partial charge in [0.2, 0.25) is 0 Å². The van der Waals surface area contributed by atoms with Crippen LogP contribution in [0.25, 0.3) is 11.2 Å². The lowest BCUT2D eigenvalue weighted by atomic mass is 10.1. The fourth-order valence-corrected chi connectivity index (χ4v) is 2.97. The predicted octanol–water partition coefficient (Wildman–Crippen LogP) is 0.160. The van der Waals surface area contributed by atoms with Gasteiger partial charge in [-0.15, -0.1) is 0 Å². The normalized spacial score (nSPS) is 28.5. The second kappa shape index (κ2) is 6.17. The van der Waals surface area contributed by atoms with Crippen molar-refractivity contribution in [1.82, 2.24) is 19.9 Å². The quantitative estimate of drug-likeness (QED) is 0.812. The Morgan fingerprint density at radius 3 is 2.77 bits per heavy atom. The summed E-state index contributed by atoms with van der Waals surface area (Å²) in [5, 5.41) is 3.11. The van der Waals surface area contributed by atoms with Crippen molar-refractivity contribution in [2.45, 2.75) is 24.5 Å². The first-order valence-electron chi connectivity index (χ1n) is 7.14. The summed E-state index contributed by atoms with van der Waals surface area (Å²) >= 11 is 0. The van der Waals surface area contributed by atoms with Crippen LogP contribution in [0.4, 0.5) is 5.69 Å². The number of imidazole rings is 1. The number of methoxy groups -OCH3 is 2. The Hall–Kier alpha value is -1.74. The molecule has 0 spiro atoms. The van der Waals surface area contributed by atoms with Gasteiger partial charge in [0, 0.05) is 27.0 Å². The number of nitrogens with two attached hydrogens (primary N) is 1. The summed E-state index contributed by atoms with van der Waals surface area (Å²) in [5.41, 5.74) is 7.86. The highest BCUT2D eigenvalue weighted by molar-refractivity contribution is 5.83. The van der Waals surface area contributed by atoms with Gasteiger partial charge >= 0.3 is 0 Å². The Morgan fingerprint density at radius 2 is 2.09 bits per heavy atom. The van der Waals surface area contributed by atoms with E-state index in [1.54, 1.807) is 32.8 Å². The number of likely N-dealkylation sites (N-methyl/N-ethyl adjacent to an activating group) is 1. The number of fused-ring (bicyclic) bond motifs is 1. The molecule has 120 valence electrons. The smallest absolute Gasteiger partial charge is 0.166 e. The molecular weight excluding hydrogens is 286 g/mol. The molecule has 0 bridgehead atoms. The fourth-order valence-electron chi connectivity index (χ4n) is 2.97. The summed E-state index contributed by atoms with van der Waals surface area (Å²) in [4.78, 5) is 8.70. The maximum absolute atomic E-state index is 6.13. The molecule has 3 heterocycles. The number of anilines is 1. The van der Waals surface area contributed by atoms with Crippen LogP contribution >= 0.6 is 0 Å². The van der Waals surface area contributed by atoms with Crippen LogP contribution < -0.4 is 11.1 Å². The number of rotatable bonds is 5. The maximum atomic E-state index is 6.13. The highest BCUT2D eigenvalue weighted by Crippen LogP contribution is 2.34. The number of ether oxygens (including phenoxy) is 3. The Labute approximate surface area is 128 Å². The van der Waals surface area contributed by atoms with Crippen LogP contribution in [-0.2, 0) is 14.2 Å². The third-order valence-corrected chi connectivity index (χ3v) is 4.00. The third kappa shape index (κ3) is 2.34. The molecule has 2 aromatic heterocycles. The minimum Gasteiger partial charge on any atom is -0.397 e. The van der Waals surface area contributed by atoms with E-state index in [9.17, 15) is 0 Å². The number of nitrogens with zero attached hydrogens (tertiary/aromatic N) is 3. The summed E-state index contributed by atoms with van der Waals surface area (Å²) in [6.07, 6.45) is 2.41. The first-order chi connectivity index (χ1) is 10.7. The average molecular weight is 307 g/mol. The Kier molecular flexibility index (Phi) is 4.25. The van der Waals surface area contributed by atoms with E-state index in [0.717, 1.165) is 0 Å². The van der Waals surface area contributed by atoms with Crippen LogP contribution in [0.15, 0.2) is 18.6 Å². The van der Waals surface area contributed by atoms with Crippen molar-refractivity contribution in [1.29, 1.82) is 0 Å². The highest BCUT2D eigenvalue weighted by atomic mass is 16.6. The topological polar surface area (TPSA) is 96.5 Å². The minimum absolute atomic E-state index is 0.122. The van der Waals surface area contributed by atoms with E-state index in [1.807, 2.05) is 11.6 Å². The number of pyridine rings is 1. The minimum atomic E-state index is -0.368. The van der Waals surface area contributed by atoms with E-state index in [1.165, 1.54) is 0 Å². The molecular formula is C14H21N5O3. The molecule has 3 N–H and O–H groups in total. The van der Waals surface area contributed by atoms with Crippen molar-refractivity contribution in [3.8, 4) is 0 Å². The number of nitrogen functional groups attached to an aromatic ring is 1. The summed E-state index contributed by atoms with van der Waals surface area (Å²) in [7, 11) is 5.18. The molecule has 2 unspecified atom stereocenters. The molecule has 4 atom stereocenters. The lowest BCUT2D eigenvalue weighted by Crippen LogP contribution is -2.39. The zero-order chi connectivity index (χ0) is 15.7. The molecule has 0 aliphatic carbocycles. The SMILES string of the molecule is CNC[C@H]1O[C@@H](n2cnc3c(N)ccnc32)C(OC)C1OC. The number of hydrogen-bond acceptors (Lipinski definition) is 7. The molecule has 1 aliphatic rings. The van der Waals surface area contributed by atoms with Crippen molar-refractivity contribution in [2.75, 3.05) is 33.5 Å². The first kappa shape index (κ1) is 15.2. The molecule has 0 amide bonds. The van der Waals surface area contributed by atoms with Gasteiger partial charge in [0.25, 0.3) is 0 Å². The van der Waals surface area contributed by atoms with Crippen molar-refractivity contribution in [3.05, 3.63) is 18.6 Å². The maximum Gasteiger partial charge on any atom is 0.166 e. The van der Waals surface area contributed by atoms with E-state index in [4.69, 9.17) is 19.9 Å². The van der Waals surface area contributed by atoms with Crippen LogP contribution in [-0.4, -0.2) is 60.7 Å². The van der Waals surface area contributed by atoms with E-state index in [0.29, 0.717) is 23.4 Å². The van der Waals surface area contributed by atoms with Gasteiger partial charge in [-0.3, -0.25) is 4.57 Å². The van der Waals surface area contributed by atoms with Gasteiger partial charge in [-0.05, 0) is 13.1 Å². The van der Waals surface area contributed by atoms with Gasteiger partial charge < -0.3 is 25.3 Å². The Morgan fingerprint density at radius 1 is 1.32 bits per heavy atom. The van der Waals surface area contributed by atoms with Crippen LogP contribution in [0.2, 0.25) is 0 Å². The molecule has 8 nitrogen and oxygen atoms in total. The lowest BCUT2D eigenvalue weighted by Gasteiger charge is -2.22. The third-order valence-electron chi connectivity index (χ3n) is 4.00. The molecule has 1 aliphatic heterocycles. The molecule has 0 saturated carbocycles. The van der Waals surface area contributed by atoms with Crippen LogP contribution in [0.1, 0.15) is 6.23 Å². The van der Waals surface area contributed by atoms with Crippen molar-refractivity contribution in [3.63, 3.8) is 0 Å². The monoisotopic (exact) mass is 307 g/mol. The van der Waals surface area contributed by atoms with Crippen molar-refractivity contribution < 1.29 is 14.2 Å². The molecule has 2 aromatic rings. The lowest BCUT2D eigenvalue weighted by molar-refractivity contribution is -0.0513. The molecule has 0 radical (unpaired) electrons. The molecule has 1 fully saturated rings. The highest BCUT2D eigenvalue weighted by Gasteiger charge is 2.46. The van der Waals surface area contributed by atoms with Gasteiger partial charge in [0.05, 0.1) is 12.0 Å². The molecule has 0 aromatic carbocycles. The summed E-state index contributed by atoms with van der Waals surface area (Å²) in [6, 6.07) is 1.73. The van der Waals surface area contributed by atoms with Crippen molar-refractivity contribution in [2.24, 2.45) is 0 Å². The Bertz CT molecular complexity index is 646. The molecule has 8 heteroatoms. The van der Waals surface area contributed by atoms with E-state index in [2.05, 4.69) is 15.3 Å². The summed E-state index contributed by atoms with van der Waals surface area (Å²) in [5.74, 6) is 0. The molecule has 22 heavy (non-hydrogen) atoms. The molecule has 1 saturated heterocycles. The number of nitrogens with one attached hydrogen (secondary N) is 1. The predicted molar refractivity (Wildman–Crippen MR) is 81.4 cm³/mol. The van der Waals surface area contributed by atoms with Gasteiger partial charge in [-0.2, -0.15) is 0 Å². The number of aromatic nitrogens is 3. The fraction of sp³-hybridized carbons (Fsp3) is 0.571. The Balaban J connectivity index is 2.00. The van der Waals surface area contributed by atoms with Crippen molar-refractivity contribution >= 4 is 16.9 Å². The van der Waals surface area contributed by atoms with Crippen LogP contribution in [0, 0.1) is 0 Å². The van der Waals surface area contributed by atoms with Gasteiger partial charge in [-0.25, -0.2) is 9.97 Å². The van der Waals surface area contributed by atoms with E-state index in [-0.39, 0.29) is 24.5 Å². The first-order valence-corrected chi connectivity index (χ1v) is 7.14. The average Bonchev–Trinajstić information content (AvgIpc) is 3.09. The van der Waals surface area contributed by atoms with Crippen LogP contribution in [0.5, 0.6) is 0 Å². The van der Waals surface area contributed by atoms with Gasteiger partial charge in [0.1, 0.15) is 23.8 Å². The van der Waals surface area contributed by atoms with E-state index < -0.39 is 0 Å². The second-order valence-electron chi connectivity index (χ2n) is 5.25. The van der Waals surface area contributed by atoms with E-state index >= 15 is 0 Å². The second-order valence-corrected chi connectivity index (χ2v) is 5.25.